The van der Waals surface area contributed by atoms with Crippen molar-refractivity contribution in [2.45, 2.75) is 19.3 Å². The van der Waals surface area contributed by atoms with E-state index in [9.17, 15) is 9.18 Å². The quantitative estimate of drug-likeness (QED) is 0.458. The number of carbonyl (C=O) groups excluding carboxylic acids is 1. The number of fused-ring (bicyclic) bond motifs is 3. The highest BCUT2D eigenvalue weighted by Crippen LogP contribution is 2.44. The molecule has 0 aliphatic carbocycles. The molecule has 7 rings (SSSR count). The topological polar surface area (TPSA) is 91.5 Å². The average molecular weight is 504 g/mol. The monoisotopic (exact) mass is 503 g/mol. The smallest absolute Gasteiger partial charge is 0.255 e. The third-order valence-corrected chi connectivity index (χ3v) is 7.39. The summed E-state index contributed by atoms with van der Waals surface area (Å²) in [7, 11) is 1.43. The zero-order chi connectivity index (χ0) is 25.5. The molecule has 6 heterocycles. The van der Waals surface area contributed by atoms with Crippen molar-refractivity contribution in [1.82, 2.24) is 20.2 Å². The first-order valence-corrected chi connectivity index (χ1v) is 12.6. The maximum absolute atomic E-state index is 14.5. The molecule has 1 unspecified atom stereocenters. The van der Waals surface area contributed by atoms with E-state index in [1.807, 2.05) is 6.07 Å². The van der Waals surface area contributed by atoms with Gasteiger partial charge in [-0.3, -0.25) is 14.7 Å². The molecule has 3 N–H and O–H groups in total. The van der Waals surface area contributed by atoms with Crippen LogP contribution >= 0.6 is 0 Å². The number of aromatic nitrogens is 2. The lowest BCUT2D eigenvalue weighted by atomic mass is 9.92. The molecule has 1 fully saturated rings. The van der Waals surface area contributed by atoms with Gasteiger partial charge in [0.25, 0.3) is 5.91 Å². The first-order valence-electron chi connectivity index (χ1n) is 12.6. The summed E-state index contributed by atoms with van der Waals surface area (Å²) in [5.74, 6) is 0.558. The lowest BCUT2D eigenvalue weighted by molar-refractivity contribution is 0.0704. The Kier molecular flexibility index (Phi) is 6.08. The number of amides is 1. The second-order valence-electron chi connectivity index (χ2n) is 10.0. The number of ether oxygens (including phenoxy) is 2. The van der Waals surface area contributed by atoms with Gasteiger partial charge in [0.2, 0.25) is 0 Å². The van der Waals surface area contributed by atoms with Crippen LogP contribution in [0.2, 0.25) is 0 Å². The molecule has 0 spiro atoms. The second kappa shape index (κ2) is 9.55. The molecular formula is C28H30FN5O3. The fourth-order valence-electron chi connectivity index (χ4n) is 5.53. The number of benzene rings is 1. The van der Waals surface area contributed by atoms with Gasteiger partial charge in [-0.05, 0) is 31.5 Å². The van der Waals surface area contributed by atoms with E-state index in [0.717, 1.165) is 37.3 Å². The summed E-state index contributed by atoms with van der Waals surface area (Å²) in [6.07, 6.45) is 6.48. The van der Waals surface area contributed by atoms with E-state index in [1.54, 1.807) is 24.5 Å². The summed E-state index contributed by atoms with van der Waals surface area (Å²) in [4.78, 5) is 23.6. The fraction of sp³-hybridized carbons (Fsp3) is 0.357. The number of nitrogens with zero attached hydrogens (tertiary/aromatic N) is 2. The van der Waals surface area contributed by atoms with Gasteiger partial charge in [0, 0.05) is 55.5 Å². The Morgan fingerprint density at radius 1 is 1.27 bits per heavy atom. The van der Waals surface area contributed by atoms with Gasteiger partial charge in [-0.25, -0.2) is 4.39 Å². The van der Waals surface area contributed by atoms with E-state index < -0.39 is 5.82 Å². The van der Waals surface area contributed by atoms with Crippen LogP contribution in [-0.2, 0) is 0 Å². The van der Waals surface area contributed by atoms with Crippen molar-refractivity contribution in [1.29, 1.82) is 0 Å². The molecule has 1 atom stereocenters. The number of pyridine rings is 1. The van der Waals surface area contributed by atoms with Crippen LogP contribution in [0.4, 0.5) is 15.8 Å². The maximum Gasteiger partial charge on any atom is 0.255 e. The zero-order valence-electron chi connectivity index (χ0n) is 20.9. The molecule has 0 saturated carbocycles. The number of rotatable bonds is 3. The summed E-state index contributed by atoms with van der Waals surface area (Å²) in [5, 5.41) is 6.38. The predicted molar refractivity (Wildman–Crippen MR) is 139 cm³/mol. The predicted octanol–water partition coefficient (Wildman–Crippen LogP) is 4.46. The molecule has 1 amide bonds. The van der Waals surface area contributed by atoms with Gasteiger partial charge >= 0.3 is 0 Å². The summed E-state index contributed by atoms with van der Waals surface area (Å²) in [6.45, 7) is 6.22. The molecule has 8 nitrogen and oxygen atoms in total. The van der Waals surface area contributed by atoms with Gasteiger partial charge in [0.15, 0.2) is 11.6 Å². The van der Waals surface area contributed by atoms with Gasteiger partial charge < -0.3 is 25.1 Å². The number of hydrogen-bond donors (Lipinski definition) is 3. The number of halogens is 1. The summed E-state index contributed by atoms with van der Waals surface area (Å²) < 4.78 is 26.2. The number of para-hydroxylation sites is 1. The lowest BCUT2D eigenvalue weighted by Crippen LogP contribution is -2.49. The molecule has 4 aliphatic heterocycles. The highest BCUT2D eigenvalue weighted by molar-refractivity contribution is 6.07. The van der Waals surface area contributed by atoms with Gasteiger partial charge in [-0.15, -0.1) is 0 Å². The van der Waals surface area contributed by atoms with Crippen LogP contribution in [0.1, 0.15) is 35.3 Å². The minimum atomic E-state index is -0.488. The number of carbonyl (C=O) groups is 1. The summed E-state index contributed by atoms with van der Waals surface area (Å²) in [6, 6.07) is 6.56. The van der Waals surface area contributed by atoms with Crippen molar-refractivity contribution in [3.63, 3.8) is 0 Å². The fourth-order valence-corrected chi connectivity index (χ4v) is 5.53. The van der Waals surface area contributed by atoms with Crippen LogP contribution in [0.15, 0.2) is 48.3 Å². The molecule has 2 aromatic heterocycles. The Bertz CT molecular complexity index is 1380. The van der Waals surface area contributed by atoms with Crippen LogP contribution in [0.5, 0.6) is 11.5 Å². The molecule has 1 saturated heterocycles. The zero-order valence-corrected chi connectivity index (χ0v) is 20.9. The van der Waals surface area contributed by atoms with Crippen LogP contribution in [0.3, 0.4) is 0 Å². The number of methoxy groups -OCH3 is 1. The third kappa shape index (κ3) is 4.33. The normalized spacial score (nSPS) is 24.1. The number of hydrogen-bond acceptors (Lipinski definition) is 6. The summed E-state index contributed by atoms with van der Waals surface area (Å²) in [5.41, 5.74) is 5.15. The number of H-pyrrole nitrogens is 1. The van der Waals surface area contributed by atoms with Crippen LogP contribution in [0.25, 0.3) is 11.3 Å². The highest BCUT2D eigenvalue weighted by atomic mass is 19.1. The minimum absolute atomic E-state index is 0.0619. The lowest BCUT2D eigenvalue weighted by Gasteiger charge is -2.39. The van der Waals surface area contributed by atoms with Crippen molar-refractivity contribution in [2.75, 3.05) is 45.2 Å². The van der Waals surface area contributed by atoms with Gasteiger partial charge in [-0.2, -0.15) is 0 Å². The minimum Gasteiger partial charge on any atom is -0.492 e. The summed E-state index contributed by atoms with van der Waals surface area (Å²) >= 11 is 0. The number of allylic oxidation sites excluding steroid dienone is 1. The maximum atomic E-state index is 14.5. The Labute approximate surface area is 214 Å². The standard InChI is InChI=1S/C28H30FN5O3/c1-16-6-7-18-10-31-28(35)23-24(18)33-25(26(23)32-21-5-3-4-20(29)27(21)36-2)19-8-9-30-11-22(19)37-15-17-13-34(12-16)14-17/h3-6,8-9,11,17-18,32-33H,7,10,12-15H2,1-2H3,(H,31,35)/b16-6-. The van der Waals surface area contributed by atoms with Crippen molar-refractivity contribution in [3.05, 3.63) is 65.4 Å². The van der Waals surface area contributed by atoms with E-state index in [2.05, 4.69) is 38.5 Å². The Morgan fingerprint density at radius 2 is 2.14 bits per heavy atom. The Balaban J connectivity index is 1.52. The molecular weight excluding hydrogens is 473 g/mol. The van der Waals surface area contributed by atoms with E-state index in [0.29, 0.717) is 47.5 Å². The molecule has 37 heavy (non-hydrogen) atoms. The molecule has 4 aliphatic rings. The number of aromatic amines is 1. The van der Waals surface area contributed by atoms with Crippen molar-refractivity contribution in [2.24, 2.45) is 5.92 Å². The van der Waals surface area contributed by atoms with Crippen LogP contribution in [0, 0.1) is 11.7 Å². The molecule has 0 radical (unpaired) electrons. The third-order valence-electron chi connectivity index (χ3n) is 7.39. The highest BCUT2D eigenvalue weighted by Gasteiger charge is 2.34. The van der Waals surface area contributed by atoms with Crippen LogP contribution in [-0.4, -0.2) is 60.7 Å². The van der Waals surface area contributed by atoms with Gasteiger partial charge in [0.05, 0.1) is 42.5 Å². The van der Waals surface area contributed by atoms with E-state index in [-0.39, 0.29) is 17.6 Å². The van der Waals surface area contributed by atoms with Gasteiger partial charge in [0.1, 0.15) is 5.75 Å². The first kappa shape index (κ1) is 23.5. The van der Waals surface area contributed by atoms with Crippen LogP contribution < -0.4 is 20.1 Å². The first-order chi connectivity index (χ1) is 18.0. The molecule has 3 aromatic rings. The molecule has 192 valence electrons. The Morgan fingerprint density at radius 3 is 2.97 bits per heavy atom. The number of nitrogens with one attached hydrogen (secondary N) is 3. The Hall–Kier alpha value is -3.85. The van der Waals surface area contributed by atoms with Gasteiger partial charge in [-0.1, -0.05) is 17.7 Å². The molecule has 9 heteroatoms. The average Bonchev–Trinajstić information content (AvgIpc) is 3.24. The largest absolute Gasteiger partial charge is 0.492 e. The molecule has 4 bridgehead atoms. The van der Waals surface area contributed by atoms with Crippen molar-refractivity contribution >= 4 is 17.3 Å². The second-order valence-corrected chi connectivity index (χ2v) is 10.0. The van der Waals surface area contributed by atoms with E-state index >= 15 is 0 Å². The van der Waals surface area contributed by atoms with Crippen molar-refractivity contribution < 1.29 is 18.7 Å². The SMILES string of the molecule is COc1c(F)cccc1Nc1c2[nH]c3c1C(=O)NCC3C/C=C(/C)CN1CC(COc3cnccc3-2)C1. The molecule has 1 aromatic carbocycles. The van der Waals surface area contributed by atoms with E-state index in [4.69, 9.17) is 9.47 Å². The van der Waals surface area contributed by atoms with Crippen molar-refractivity contribution in [3.8, 4) is 22.8 Å². The van der Waals surface area contributed by atoms with E-state index in [1.165, 1.54) is 18.7 Å². The number of anilines is 2.